The van der Waals surface area contributed by atoms with E-state index in [2.05, 4.69) is 0 Å². The number of rotatable bonds is 0. The molecule has 4 heteroatoms. The first-order valence-corrected chi connectivity index (χ1v) is 2.74. The Labute approximate surface area is 47.6 Å². The van der Waals surface area contributed by atoms with Crippen molar-refractivity contribution in [2.75, 3.05) is 0 Å². The van der Waals surface area contributed by atoms with Gasteiger partial charge in [-0.2, -0.15) is 0 Å². The fraction of sp³-hybridized carbons (Fsp3) is 0. The van der Waals surface area contributed by atoms with Crippen LogP contribution < -0.4 is 18.9 Å². The Morgan fingerprint density at radius 2 is 1.50 bits per heavy atom. The van der Waals surface area contributed by atoms with E-state index in [1.807, 2.05) is 0 Å². The van der Waals surface area contributed by atoms with Gasteiger partial charge in [0, 0.05) is 0 Å². The van der Waals surface area contributed by atoms with Crippen molar-refractivity contribution in [1.82, 2.24) is 0 Å². The Morgan fingerprint density at radius 3 is 1.50 bits per heavy atom. The van der Waals surface area contributed by atoms with Crippen molar-refractivity contribution in [3.63, 3.8) is 0 Å². The Kier molecular flexibility index (Phi) is 20.0. The minimum atomic E-state index is -2.27. The first kappa shape index (κ1) is 8.89. The van der Waals surface area contributed by atoms with Crippen LogP contribution in [0.5, 0.6) is 0 Å². The average molecular weight is 159 g/mol. The van der Waals surface area contributed by atoms with E-state index in [0.29, 0.717) is 0 Å². The fourth-order valence-corrected chi connectivity index (χ4v) is 0. The van der Waals surface area contributed by atoms with Crippen molar-refractivity contribution in [1.29, 1.82) is 0 Å². The Balaban J connectivity index is -0.0000000200. The van der Waals surface area contributed by atoms with Gasteiger partial charge in [0.05, 0.1) is 0 Å². The second-order valence-electron chi connectivity index (χ2n) is 0.0833. The summed E-state index contributed by atoms with van der Waals surface area (Å²) in [4.78, 5) is 0. The Hall–Kier alpha value is 0.996. The minimum absolute atomic E-state index is 0. The van der Waals surface area contributed by atoms with Gasteiger partial charge in [-0.1, -0.05) is 0 Å². The quantitative estimate of drug-likeness (QED) is 0.343. The van der Waals surface area contributed by atoms with E-state index in [0.717, 1.165) is 0 Å². The molecule has 0 heterocycles. The van der Waals surface area contributed by atoms with Gasteiger partial charge in [0.2, 0.25) is 0 Å². The van der Waals surface area contributed by atoms with E-state index in [-0.39, 0.29) is 20.3 Å². The molecular formula is HLiO2Sn. The summed E-state index contributed by atoms with van der Waals surface area (Å²) in [7, 11) is 0. The van der Waals surface area contributed by atoms with Crippen LogP contribution in [0.3, 0.4) is 0 Å². The van der Waals surface area contributed by atoms with Gasteiger partial charge < -0.3 is 1.43 Å². The summed E-state index contributed by atoms with van der Waals surface area (Å²) in [6, 6.07) is 0. The summed E-state index contributed by atoms with van der Waals surface area (Å²) in [5.74, 6) is 0. The topological polar surface area (TPSA) is 34.1 Å². The first-order chi connectivity index (χ1) is 1.41. The molecule has 4 heavy (non-hydrogen) atoms. The van der Waals surface area contributed by atoms with Gasteiger partial charge in [0.15, 0.2) is 0 Å². The molecule has 18 valence electrons. The summed E-state index contributed by atoms with van der Waals surface area (Å²) in [5.41, 5.74) is 0. The molecule has 0 spiro atoms. The van der Waals surface area contributed by atoms with Crippen molar-refractivity contribution in [3.8, 4) is 0 Å². The summed E-state index contributed by atoms with van der Waals surface area (Å²) < 4.78 is 17.1. The predicted octanol–water partition coefficient (Wildman–Crippen LogP) is -3.50. The van der Waals surface area contributed by atoms with Crippen molar-refractivity contribution in [2.24, 2.45) is 0 Å². The zero-order valence-electron chi connectivity index (χ0n) is 3.32. The van der Waals surface area contributed by atoms with Gasteiger partial charge in [0.25, 0.3) is 0 Å². The molecule has 0 amide bonds. The van der Waals surface area contributed by atoms with Gasteiger partial charge in [-0.15, -0.1) is 0 Å². The van der Waals surface area contributed by atoms with E-state index in [1.54, 1.807) is 0 Å². The normalized spacial score (nSPS) is 2.00. The zero-order chi connectivity index (χ0) is 2.71. The predicted molar refractivity (Wildman–Crippen MR) is 8.24 cm³/mol. The zero-order valence-corrected chi connectivity index (χ0v) is 5.17. The maximum absolute atomic E-state index is 8.54. The molecule has 0 aromatic carbocycles. The summed E-state index contributed by atoms with van der Waals surface area (Å²) in [6.07, 6.45) is 0. The number of hydrogen-bond acceptors (Lipinski definition) is 2. The van der Waals surface area contributed by atoms with Crippen LogP contribution in [-0.2, 0) is 6.15 Å². The molecule has 0 aromatic rings. The number of hydrogen-bond donors (Lipinski definition) is 0. The molecule has 0 rings (SSSR count). The van der Waals surface area contributed by atoms with Crippen molar-refractivity contribution in [2.45, 2.75) is 0 Å². The molecule has 0 aliphatic rings. The van der Waals surface area contributed by atoms with Crippen LogP contribution in [0, 0.1) is 0 Å². The molecule has 0 radical (unpaired) electrons. The Morgan fingerprint density at radius 1 is 1.50 bits per heavy atom. The third-order valence-corrected chi connectivity index (χ3v) is 0. The van der Waals surface area contributed by atoms with E-state index < -0.39 is 21.1 Å². The van der Waals surface area contributed by atoms with Gasteiger partial charge in [-0.05, 0) is 0 Å². The SMILES string of the molecule is [H-].[Li+].[O]=[Sn]=[O]. The molecule has 0 N–H and O–H groups in total. The monoisotopic (exact) mass is 160 g/mol. The standard InChI is InChI=1S/Li.2O.Sn.H/q+1;;;;-1. The molecule has 0 fully saturated rings. The van der Waals surface area contributed by atoms with Crippen LogP contribution in [0.4, 0.5) is 0 Å². The molecule has 0 atom stereocenters. The summed E-state index contributed by atoms with van der Waals surface area (Å²) in [5, 5.41) is 0. The van der Waals surface area contributed by atoms with Gasteiger partial charge in [-0.3, -0.25) is 0 Å². The molecule has 0 unspecified atom stereocenters. The third-order valence-electron chi connectivity index (χ3n) is 0. The second kappa shape index (κ2) is 9.00. The van der Waals surface area contributed by atoms with E-state index in [1.165, 1.54) is 0 Å². The third kappa shape index (κ3) is 12.0. The van der Waals surface area contributed by atoms with Crippen LogP contribution in [-0.4, -0.2) is 21.1 Å². The molecule has 0 bridgehead atoms. The molecule has 2 nitrogen and oxygen atoms in total. The van der Waals surface area contributed by atoms with Gasteiger partial charge in [-0.25, -0.2) is 0 Å². The molecule has 0 aromatic heterocycles. The van der Waals surface area contributed by atoms with E-state index >= 15 is 0 Å². The second-order valence-corrected chi connectivity index (χ2v) is 0.559. The van der Waals surface area contributed by atoms with Crippen LogP contribution in [0.15, 0.2) is 0 Å². The first-order valence-electron chi connectivity index (χ1n) is 0.408. The van der Waals surface area contributed by atoms with E-state index in [4.69, 9.17) is 6.15 Å². The van der Waals surface area contributed by atoms with Crippen LogP contribution >= 0.6 is 0 Å². The van der Waals surface area contributed by atoms with Crippen LogP contribution in [0.2, 0.25) is 0 Å². The molecule has 0 aliphatic carbocycles. The van der Waals surface area contributed by atoms with Crippen LogP contribution in [0.1, 0.15) is 1.43 Å². The summed E-state index contributed by atoms with van der Waals surface area (Å²) >= 11 is -2.27. The van der Waals surface area contributed by atoms with Crippen molar-refractivity contribution >= 4 is 21.1 Å². The van der Waals surface area contributed by atoms with Crippen LogP contribution in [0.25, 0.3) is 0 Å². The van der Waals surface area contributed by atoms with Crippen molar-refractivity contribution in [3.05, 3.63) is 0 Å². The molecule has 0 saturated heterocycles. The average Bonchev–Trinajstić information content (AvgIpc) is 0.918. The Bertz CT molecular complexity index is 30.6. The maximum atomic E-state index is 8.54. The molecule has 0 saturated carbocycles. The van der Waals surface area contributed by atoms with Crippen molar-refractivity contribution < 1.29 is 26.4 Å². The molecular weight excluding hydrogens is 158 g/mol. The molecule has 0 aliphatic heterocycles. The van der Waals surface area contributed by atoms with Gasteiger partial charge in [0.1, 0.15) is 0 Å². The van der Waals surface area contributed by atoms with Gasteiger partial charge >= 0.3 is 46.1 Å². The fourth-order valence-electron chi connectivity index (χ4n) is 0. The van der Waals surface area contributed by atoms with E-state index in [9.17, 15) is 0 Å². The summed E-state index contributed by atoms with van der Waals surface area (Å²) in [6.45, 7) is 0.